The second-order valence-corrected chi connectivity index (χ2v) is 4.85. The van der Waals surface area contributed by atoms with Gasteiger partial charge in [-0.25, -0.2) is 19.9 Å². The number of aromatic nitrogens is 4. The van der Waals surface area contributed by atoms with E-state index in [1.165, 1.54) is 24.5 Å². The Kier molecular flexibility index (Phi) is 4.11. The smallest absolute Gasteiger partial charge is 0.416 e. The molecule has 0 aliphatic heterocycles. The SMILES string of the molecule is Cc1ncc(-c2nccnc2Oc2ccc(C(F)(F)F)cc2)cn1. The zero-order valence-electron chi connectivity index (χ0n) is 12.4. The first-order chi connectivity index (χ1) is 11.4. The van der Waals surface area contributed by atoms with Crippen LogP contribution in [-0.2, 0) is 6.18 Å². The van der Waals surface area contributed by atoms with Crippen molar-refractivity contribution in [3.05, 3.63) is 60.4 Å². The molecule has 0 radical (unpaired) electrons. The molecule has 122 valence electrons. The first-order valence-corrected chi connectivity index (χ1v) is 6.88. The zero-order valence-corrected chi connectivity index (χ0v) is 12.4. The van der Waals surface area contributed by atoms with E-state index in [9.17, 15) is 13.2 Å². The van der Waals surface area contributed by atoms with Gasteiger partial charge in [0.25, 0.3) is 0 Å². The van der Waals surface area contributed by atoms with E-state index in [4.69, 9.17) is 4.74 Å². The highest BCUT2D eigenvalue weighted by molar-refractivity contribution is 5.62. The number of aryl methyl sites for hydroxylation is 1. The minimum Gasteiger partial charge on any atom is -0.437 e. The van der Waals surface area contributed by atoms with E-state index in [1.807, 2.05) is 0 Å². The lowest BCUT2D eigenvalue weighted by Crippen LogP contribution is -2.04. The van der Waals surface area contributed by atoms with Crippen LogP contribution in [0.25, 0.3) is 11.3 Å². The monoisotopic (exact) mass is 332 g/mol. The van der Waals surface area contributed by atoms with Gasteiger partial charge in [0.1, 0.15) is 17.3 Å². The van der Waals surface area contributed by atoms with Gasteiger partial charge in [-0.1, -0.05) is 0 Å². The summed E-state index contributed by atoms with van der Waals surface area (Å²) in [6.07, 6.45) is 1.67. The van der Waals surface area contributed by atoms with E-state index >= 15 is 0 Å². The molecule has 0 aliphatic carbocycles. The molecule has 5 nitrogen and oxygen atoms in total. The molecule has 0 aliphatic rings. The van der Waals surface area contributed by atoms with Gasteiger partial charge in [0.2, 0.25) is 5.88 Å². The van der Waals surface area contributed by atoms with Crippen molar-refractivity contribution in [2.45, 2.75) is 13.1 Å². The van der Waals surface area contributed by atoms with Crippen LogP contribution in [0.4, 0.5) is 13.2 Å². The third kappa shape index (κ3) is 3.48. The summed E-state index contributed by atoms with van der Waals surface area (Å²) in [6.45, 7) is 1.75. The van der Waals surface area contributed by atoms with Crippen LogP contribution >= 0.6 is 0 Å². The summed E-state index contributed by atoms with van der Waals surface area (Å²) in [5.74, 6) is 0.982. The van der Waals surface area contributed by atoms with Crippen molar-refractivity contribution in [3.63, 3.8) is 0 Å². The van der Waals surface area contributed by atoms with Crippen LogP contribution in [-0.4, -0.2) is 19.9 Å². The van der Waals surface area contributed by atoms with Gasteiger partial charge in [-0.15, -0.1) is 0 Å². The highest BCUT2D eigenvalue weighted by atomic mass is 19.4. The zero-order chi connectivity index (χ0) is 17.2. The van der Waals surface area contributed by atoms with Gasteiger partial charge in [0, 0.05) is 30.4 Å². The van der Waals surface area contributed by atoms with Gasteiger partial charge in [0.05, 0.1) is 5.56 Å². The van der Waals surface area contributed by atoms with Gasteiger partial charge in [-0.3, -0.25) is 0 Å². The van der Waals surface area contributed by atoms with Crippen molar-refractivity contribution in [1.82, 2.24) is 19.9 Å². The maximum atomic E-state index is 12.6. The Morgan fingerprint density at radius 1 is 0.875 bits per heavy atom. The predicted molar refractivity (Wildman–Crippen MR) is 79.3 cm³/mol. The molecule has 3 rings (SSSR count). The fourth-order valence-corrected chi connectivity index (χ4v) is 1.94. The third-order valence-corrected chi connectivity index (χ3v) is 3.12. The standard InChI is InChI=1S/C16H11F3N4O/c1-10-22-8-11(9-23-10)14-15(21-7-6-20-14)24-13-4-2-12(3-5-13)16(17,18)19/h2-9H,1H3. The summed E-state index contributed by atoms with van der Waals surface area (Å²) in [7, 11) is 0. The molecule has 1 aromatic carbocycles. The number of halogens is 3. The average Bonchev–Trinajstić information content (AvgIpc) is 2.56. The molecule has 24 heavy (non-hydrogen) atoms. The second kappa shape index (κ2) is 6.23. The van der Waals surface area contributed by atoms with Crippen molar-refractivity contribution in [2.24, 2.45) is 0 Å². The number of rotatable bonds is 3. The molecule has 0 N–H and O–H groups in total. The van der Waals surface area contributed by atoms with E-state index < -0.39 is 11.7 Å². The van der Waals surface area contributed by atoms with Gasteiger partial charge < -0.3 is 4.74 Å². The van der Waals surface area contributed by atoms with Gasteiger partial charge >= 0.3 is 6.18 Å². The molecule has 0 fully saturated rings. The summed E-state index contributed by atoms with van der Waals surface area (Å²) in [4.78, 5) is 16.4. The summed E-state index contributed by atoms with van der Waals surface area (Å²) < 4.78 is 43.3. The number of alkyl halides is 3. The van der Waals surface area contributed by atoms with Crippen LogP contribution in [0.2, 0.25) is 0 Å². The molecular weight excluding hydrogens is 321 g/mol. The lowest BCUT2D eigenvalue weighted by Gasteiger charge is -2.10. The highest BCUT2D eigenvalue weighted by Crippen LogP contribution is 2.32. The van der Waals surface area contributed by atoms with E-state index in [-0.39, 0.29) is 11.6 Å². The van der Waals surface area contributed by atoms with Crippen LogP contribution in [0.3, 0.4) is 0 Å². The minimum absolute atomic E-state index is 0.157. The van der Waals surface area contributed by atoms with Crippen LogP contribution in [0.1, 0.15) is 11.4 Å². The van der Waals surface area contributed by atoms with Crippen LogP contribution in [0.5, 0.6) is 11.6 Å². The number of ether oxygens (including phenoxy) is 1. The third-order valence-electron chi connectivity index (χ3n) is 3.12. The van der Waals surface area contributed by atoms with Gasteiger partial charge in [0.15, 0.2) is 0 Å². The molecule has 3 aromatic rings. The Balaban J connectivity index is 1.89. The minimum atomic E-state index is -4.39. The molecule has 0 amide bonds. The average molecular weight is 332 g/mol. The second-order valence-electron chi connectivity index (χ2n) is 4.85. The molecule has 0 unspecified atom stereocenters. The normalized spacial score (nSPS) is 11.3. The molecule has 0 atom stereocenters. The summed E-state index contributed by atoms with van der Waals surface area (Å²) in [5.41, 5.74) is 0.245. The number of hydrogen-bond acceptors (Lipinski definition) is 5. The first kappa shape index (κ1) is 15.9. The molecule has 0 saturated carbocycles. The Hall–Kier alpha value is -3.03. The van der Waals surface area contributed by atoms with Crippen LogP contribution in [0.15, 0.2) is 49.1 Å². The summed E-state index contributed by atoms with van der Waals surface area (Å²) >= 11 is 0. The Labute approximate surface area is 135 Å². The molecule has 0 bridgehead atoms. The molecular formula is C16H11F3N4O. The van der Waals surface area contributed by atoms with E-state index in [0.717, 1.165) is 12.1 Å². The van der Waals surface area contributed by atoms with Crippen molar-refractivity contribution < 1.29 is 17.9 Å². The molecule has 2 heterocycles. The fraction of sp³-hybridized carbons (Fsp3) is 0.125. The van der Waals surface area contributed by atoms with Crippen LogP contribution < -0.4 is 4.74 Å². The lowest BCUT2D eigenvalue weighted by atomic mass is 10.2. The summed E-state index contributed by atoms with van der Waals surface area (Å²) in [5, 5.41) is 0. The van der Waals surface area contributed by atoms with Crippen molar-refractivity contribution in [3.8, 4) is 22.9 Å². The molecule has 8 heteroatoms. The quantitative estimate of drug-likeness (QED) is 0.724. The van der Waals surface area contributed by atoms with E-state index in [1.54, 1.807) is 19.3 Å². The van der Waals surface area contributed by atoms with Crippen molar-refractivity contribution in [2.75, 3.05) is 0 Å². The number of benzene rings is 1. The van der Waals surface area contributed by atoms with Crippen LogP contribution in [0, 0.1) is 6.92 Å². The highest BCUT2D eigenvalue weighted by Gasteiger charge is 2.30. The van der Waals surface area contributed by atoms with Crippen molar-refractivity contribution in [1.29, 1.82) is 0 Å². The Morgan fingerprint density at radius 2 is 1.50 bits per heavy atom. The van der Waals surface area contributed by atoms with Crippen molar-refractivity contribution >= 4 is 0 Å². The summed E-state index contributed by atoms with van der Waals surface area (Å²) in [6, 6.07) is 4.35. The maximum Gasteiger partial charge on any atom is 0.416 e. The van der Waals surface area contributed by atoms with Gasteiger partial charge in [-0.05, 0) is 31.2 Å². The predicted octanol–water partition coefficient (Wildman–Crippen LogP) is 4.05. The Morgan fingerprint density at radius 3 is 2.12 bits per heavy atom. The van der Waals surface area contributed by atoms with Gasteiger partial charge in [-0.2, -0.15) is 13.2 Å². The molecule has 0 saturated heterocycles. The molecule has 2 aromatic heterocycles. The topological polar surface area (TPSA) is 60.8 Å². The number of nitrogens with zero attached hydrogens (tertiary/aromatic N) is 4. The Bertz CT molecular complexity index is 833. The lowest BCUT2D eigenvalue weighted by molar-refractivity contribution is -0.137. The maximum absolute atomic E-state index is 12.6. The first-order valence-electron chi connectivity index (χ1n) is 6.88. The van der Waals surface area contributed by atoms with E-state index in [0.29, 0.717) is 17.1 Å². The molecule has 0 spiro atoms. The van der Waals surface area contributed by atoms with E-state index in [2.05, 4.69) is 19.9 Å². The fourth-order valence-electron chi connectivity index (χ4n) is 1.94. The largest absolute Gasteiger partial charge is 0.437 e. The number of hydrogen-bond donors (Lipinski definition) is 0.